The van der Waals surface area contributed by atoms with E-state index in [1.54, 1.807) is 0 Å². The predicted octanol–water partition coefficient (Wildman–Crippen LogP) is 5.01. The summed E-state index contributed by atoms with van der Waals surface area (Å²) in [6.07, 6.45) is 21.2. The Morgan fingerprint density at radius 2 is 1.16 bits per heavy atom. The SMILES string of the molecule is CCCCCCCC/C=C\CCCCCCCC(=O)O.OCC(CO)(CO)CO.c1ccc2n[nH]nc2c1. The van der Waals surface area contributed by atoms with Crippen LogP contribution in [0.25, 0.3) is 11.0 Å². The topological polar surface area (TPSA) is 160 Å². The van der Waals surface area contributed by atoms with Gasteiger partial charge in [-0.1, -0.05) is 82.6 Å². The third-order valence-corrected chi connectivity index (χ3v) is 6.22. The number of hydrogen-bond acceptors (Lipinski definition) is 7. The average molecular weight is 538 g/mol. The number of rotatable bonds is 19. The number of aliphatic carboxylic acids is 1. The highest BCUT2D eigenvalue weighted by Crippen LogP contribution is 2.12. The molecule has 218 valence electrons. The molecule has 0 spiro atoms. The van der Waals surface area contributed by atoms with E-state index in [9.17, 15) is 4.79 Å². The molecule has 0 aliphatic carbocycles. The molecule has 38 heavy (non-hydrogen) atoms. The van der Waals surface area contributed by atoms with Gasteiger partial charge >= 0.3 is 5.97 Å². The van der Waals surface area contributed by atoms with E-state index in [0.29, 0.717) is 6.42 Å². The Kier molecular flexibility index (Phi) is 23.4. The molecule has 0 atom stereocenters. The maximum Gasteiger partial charge on any atom is 0.303 e. The zero-order valence-corrected chi connectivity index (χ0v) is 23.2. The predicted molar refractivity (Wildman–Crippen MR) is 152 cm³/mol. The van der Waals surface area contributed by atoms with Crippen molar-refractivity contribution in [1.82, 2.24) is 15.4 Å². The lowest BCUT2D eigenvalue weighted by molar-refractivity contribution is -0.137. The van der Waals surface area contributed by atoms with Gasteiger partial charge in [-0.3, -0.25) is 4.79 Å². The number of unbranched alkanes of at least 4 members (excludes halogenated alkanes) is 11. The molecule has 0 saturated carbocycles. The van der Waals surface area contributed by atoms with Crippen LogP contribution >= 0.6 is 0 Å². The van der Waals surface area contributed by atoms with E-state index in [4.69, 9.17) is 25.5 Å². The van der Waals surface area contributed by atoms with Crippen molar-refractivity contribution in [2.75, 3.05) is 26.4 Å². The van der Waals surface area contributed by atoms with Gasteiger partial charge < -0.3 is 25.5 Å². The second-order valence-electron chi connectivity index (χ2n) is 9.67. The number of aromatic nitrogens is 3. The number of benzene rings is 1. The number of nitrogens with one attached hydrogen (secondary N) is 1. The summed E-state index contributed by atoms with van der Waals surface area (Å²) in [5, 5.41) is 52.8. The van der Waals surface area contributed by atoms with Gasteiger partial charge in [-0.05, 0) is 44.2 Å². The Morgan fingerprint density at radius 3 is 1.55 bits per heavy atom. The average Bonchev–Trinajstić information content (AvgIpc) is 3.42. The molecule has 0 fully saturated rings. The molecular weight excluding hydrogens is 486 g/mol. The van der Waals surface area contributed by atoms with Gasteiger partial charge in [-0.2, -0.15) is 15.4 Å². The largest absolute Gasteiger partial charge is 0.481 e. The number of carboxylic acid groups (broad SMARTS) is 1. The van der Waals surface area contributed by atoms with Crippen LogP contribution in [0.2, 0.25) is 0 Å². The fraction of sp³-hybridized carbons (Fsp3) is 0.690. The molecule has 6 N–H and O–H groups in total. The lowest BCUT2D eigenvalue weighted by Gasteiger charge is -2.23. The Hall–Kier alpha value is -2.33. The molecule has 0 aliphatic rings. The Morgan fingerprint density at radius 1 is 0.737 bits per heavy atom. The lowest BCUT2D eigenvalue weighted by atomic mass is 9.93. The summed E-state index contributed by atoms with van der Waals surface area (Å²) in [5.41, 5.74) is 0.718. The first kappa shape index (κ1) is 35.7. The summed E-state index contributed by atoms with van der Waals surface area (Å²) < 4.78 is 0. The van der Waals surface area contributed by atoms with E-state index in [2.05, 4.69) is 34.5 Å². The maximum atomic E-state index is 10.3. The van der Waals surface area contributed by atoms with Crippen LogP contribution < -0.4 is 0 Å². The van der Waals surface area contributed by atoms with Crippen LogP contribution in [0.1, 0.15) is 96.8 Å². The van der Waals surface area contributed by atoms with Crippen LogP contribution in [-0.2, 0) is 4.79 Å². The first-order valence-corrected chi connectivity index (χ1v) is 14.0. The molecular formula is C29H51N3O6. The Balaban J connectivity index is 0.000000620. The van der Waals surface area contributed by atoms with Gasteiger partial charge in [-0.25, -0.2) is 0 Å². The molecule has 1 heterocycles. The van der Waals surface area contributed by atoms with Gasteiger partial charge in [0, 0.05) is 6.42 Å². The normalized spacial score (nSPS) is 11.2. The Labute approximate surface area is 228 Å². The van der Waals surface area contributed by atoms with Crippen molar-refractivity contribution in [1.29, 1.82) is 0 Å². The summed E-state index contributed by atoms with van der Waals surface area (Å²) in [7, 11) is 0. The number of fused-ring (bicyclic) bond motifs is 1. The van der Waals surface area contributed by atoms with Crippen molar-refractivity contribution in [2.45, 2.75) is 96.8 Å². The standard InChI is InChI=1S/C18H34O2.C6H5N3.C5H12O4/c1-2-3-4-5-6-7-8-9-10-11-12-13-14-15-16-17-18(19)20;1-2-4-6-5(3-1)7-9-8-6;6-1-5(2-7,3-8)4-9/h9-10H,2-8,11-17H2,1H3,(H,19,20);1-4H,(H,7,8,9);6-9H,1-4H2/b10-9-;;. The molecule has 1 aromatic carbocycles. The molecule has 0 saturated heterocycles. The number of nitrogens with zero attached hydrogens (tertiary/aromatic N) is 2. The van der Waals surface area contributed by atoms with Crippen molar-refractivity contribution in [2.24, 2.45) is 5.41 Å². The van der Waals surface area contributed by atoms with Crippen molar-refractivity contribution in [3.63, 3.8) is 0 Å². The minimum atomic E-state index is -1.11. The van der Waals surface area contributed by atoms with Crippen molar-refractivity contribution < 1.29 is 30.3 Å². The minimum absolute atomic E-state index is 0.332. The number of aliphatic hydroxyl groups excluding tert-OH is 4. The van der Waals surface area contributed by atoms with Crippen LogP contribution in [-0.4, -0.2) is 73.3 Å². The third kappa shape index (κ3) is 18.8. The Bertz CT molecular complexity index is 776. The van der Waals surface area contributed by atoms with Gasteiger partial charge in [-0.15, -0.1) is 0 Å². The van der Waals surface area contributed by atoms with E-state index in [1.165, 1.54) is 70.6 Å². The number of aliphatic hydroxyl groups is 4. The summed E-state index contributed by atoms with van der Waals surface area (Å²) in [4.78, 5) is 10.3. The molecule has 0 amide bonds. The van der Waals surface area contributed by atoms with Gasteiger partial charge in [0.05, 0.1) is 31.8 Å². The summed E-state index contributed by atoms with van der Waals surface area (Å²) in [6.45, 7) is 0.634. The van der Waals surface area contributed by atoms with Gasteiger partial charge in [0.15, 0.2) is 0 Å². The smallest absolute Gasteiger partial charge is 0.303 e. The number of hydrogen-bond donors (Lipinski definition) is 6. The van der Waals surface area contributed by atoms with Crippen molar-refractivity contribution >= 4 is 17.0 Å². The highest BCUT2D eigenvalue weighted by atomic mass is 16.4. The number of carboxylic acids is 1. The summed E-state index contributed by atoms with van der Waals surface area (Å²) in [5.74, 6) is -0.664. The molecule has 2 rings (SSSR count). The van der Waals surface area contributed by atoms with Crippen LogP contribution in [0, 0.1) is 5.41 Å². The number of H-pyrrole nitrogens is 1. The molecule has 0 aliphatic heterocycles. The fourth-order valence-corrected chi connectivity index (χ4v) is 3.43. The highest BCUT2D eigenvalue weighted by Gasteiger charge is 2.26. The van der Waals surface area contributed by atoms with E-state index in [-0.39, 0.29) is 0 Å². The third-order valence-electron chi connectivity index (χ3n) is 6.22. The van der Waals surface area contributed by atoms with Crippen molar-refractivity contribution in [3.05, 3.63) is 36.4 Å². The summed E-state index contributed by atoms with van der Waals surface area (Å²) in [6, 6.07) is 7.70. The summed E-state index contributed by atoms with van der Waals surface area (Å²) >= 11 is 0. The quantitative estimate of drug-likeness (QED) is 0.108. The van der Waals surface area contributed by atoms with E-state index < -0.39 is 37.8 Å². The van der Waals surface area contributed by atoms with Crippen LogP contribution in [0.3, 0.4) is 0 Å². The second kappa shape index (κ2) is 25.0. The first-order chi connectivity index (χ1) is 18.5. The monoisotopic (exact) mass is 537 g/mol. The highest BCUT2D eigenvalue weighted by molar-refractivity contribution is 5.72. The molecule has 0 radical (unpaired) electrons. The number of allylic oxidation sites excluding steroid dienone is 2. The number of aromatic amines is 1. The minimum Gasteiger partial charge on any atom is -0.481 e. The van der Waals surface area contributed by atoms with E-state index in [1.807, 2.05) is 24.3 Å². The van der Waals surface area contributed by atoms with Gasteiger partial charge in [0.1, 0.15) is 11.0 Å². The lowest BCUT2D eigenvalue weighted by Crippen LogP contribution is -2.37. The zero-order valence-electron chi connectivity index (χ0n) is 23.2. The molecule has 9 heteroatoms. The zero-order chi connectivity index (χ0) is 28.3. The fourth-order valence-electron chi connectivity index (χ4n) is 3.43. The first-order valence-electron chi connectivity index (χ1n) is 14.0. The van der Waals surface area contributed by atoms with Gasteiger partial charge in [0.2, 0.25) is 0 Å². The molecule has 9 nitrogen and oxygen atoms in total. The maximum absolute atomic E-state index is 10.3. The number of carbonyl (C=O) groups is 1. The van der Waals surface area contributed by atoms with Crippen molar-refractivity contribution in [3.8, 4) is 0 Å². The van der Waals surface area contributed by atoms with Crippen LogP contribution in [0.5, 0.6) is 0 Å². The molecule has 2 aromatic rings. The second-order valence-corrected chi connectivity index (χ2v) is 9.67. The molecule has 0 bridgehead atoms. The molecule has 1 aromatic heterocycles. The number of para-hydroxylation sites is 2. The van der Waals surface area contributed by atoms with E-state index >= 15 is 0 Å². The van der Waals surface area contributed by atoms with Crippen LogP contribution in [0.15, 0.2) is 36.4 Å². The van der Waals surface area contributed by atoms with Crippen LogP contribution in [0.4, 0.5) is 0 Å². The van der Waals surface area contributed by atoms with Gasteiger partial charge in [0.25, 0.3) is 0 Å². The van der Waals surface area contributed by atoms with E-state index in [0.717, 1.165) is 23.9 Å². The molecule has 0 unspecified atom stereocenters.